The molecule has 310 valence electrons. The molecule has 16 nitrogen and oxygen atoms in total. The van der Waals surface area contributed by atoms with E-state index < -0.39 is 33.5 Å². The molecule has 0 spiro atoms. The number of rotatable bonds is 8. The lowest BCUT2D eigenvalue weighted by Crippen LogP contribution is -2.31. The molecule has 62 heavy (non-hydrogen) atoms. The van der Waals surface area contributed by atoms with Crippen molar-refractivity contribution in [3.05, 3.63) is 181 Å². The molecule has 2 N–H and O–H groups in total. The lowest BCUT2D eigenvalue weighted by Gasteiger charge is -2.15. The van der Waals surface area contributed by atoms with Gasteiger partial charge in [0.25, 0.3) is 35.0 Å². The van der Waals surface area contributed by atoms with Gasteiger partial charge in [-0.1, -0.05) is 106 Å². The average Bonchev–Trinajstić information content (AvgIpc) is 3.67. The summed E-state index contributed by atoms with van der Waals surface area (Å²) in [5.74, 6) is -3.70. The van der Waals surface area contributed by atoms with Gasteiger partial charge < -0.3 is 10.6 Å². The molecule has 0 unspecified atom stereocenters. The van der Waals surface area contributed by atoms with E-state index in [2.05, 4.69) is 20.8 Å². The van der Waals surface area contributed by atoms with E-state index in [0.29, 0.717) is 11.1 Å². The van der Waals surface area contributed by atoms with Crippen molar-refractivity contribution < 1.29 is 29.0 Å². The van der Waals surface area contributed by atoms with Gasteiger partial charge in [-0.05, 0) is 59.7 Å². The minimum absolute atomic E-state index is 0.0348. The molecule has 5 aromatic carbocycles. The fraction of sp³-hybridized carbons (Fsp3) is 0. The topological polar surface area (TPSA) is 210 Å². The minimum atomic E-state index is -0.824. The number of hydrogen-bond donors (Lipinski definition) is 2. The summed E-state index contributed by atoms with van der Waals surface area (Å²) in [4.78, 5) is 76.1. The van der Waals surface area contributed by atoms with Crippen molar-refractivity contribution in [2.45, 2.75) is 0 Å². The molecule has 2 aliphatic heterocycles. The molecular formula is C40H20Cl6N8O8. The first-order valence-corrected chi connectivity index (χ1v) is 19.6. The molecular weight excluding hydrogens is 933 g/mol. The molecule has 0 fully saturated rings. The average molecular weight is 953 g/mol. The van der Waals surface area contributed by atoms with E-state index in [1.54, 1.807) is 24.3 Å². The maximum Gasteiger partial charge on any atom is 0.282 e. The van der Waals surface area contributed by atoms with E-state index in [1.807, 2.05) is 0 Å². The molecule has 22 heteroatoms. The number of nitro benzene ring substituents is 2. The highest BCUT2D eigenvalue weighted by Gasteiger charge is 2.37. The first-order chi connectivity index (χ1) is 29.5. The largest absolute Gasteiger partial charge is 0.304 e. The van der Waals surface area contributed by atoms with Crippen molar-refractivity contribution in [1.29, 1.82) is 0 Å². The van der Waals surface area contributed by atoms with Gasteiger partial charge in [-0.2, -0.15) is 10.0 Å². The second-order valence-corrected chi connectivity index (χ2v) is 15.4. The van der Waals surface area contributed by atoms with Crippen molar-refractivity contribution in [2.24, 2.45) is 10.2 Å². The van der Waals surface area contributed by atoms with Crippen LogP contribution in [0.1, 0.15) is 31.8 Å². The number of carbonyl (C=O) groups excluding carboxylic acids is 4. The summed E-state index contributed by atoms with van der Waals surface area (Å²) in [7, 11) is 0. The molecule has 0 aromatic heterocycles. The Morgan fingerprint density at radius 1 is 0.548 bits per heavy atom. The van der Waals surface area contributed by atoms with Gasteiger partial charge >= 0.3 is 0 Å². The number of halogens is 6. The molecule has 2 heterocycles. The second kappa shape index (κ2) is 17.7. The van der Waals surface area contributed by atoms with Crippen molar-refractivity contribution in [1.82, 2.24) is 10.6 Å². The highest BCUT2D eigenvalue weighted by atomic mass is 35.5. The van der Waals surface area contributed by atoms with Crippen LogP contribution in [0, 0.1) is 20.2 Å². The minimum Gasteiger partial charge on any atom is -0.304 e. The third kappa shape index (κ3) is 9.01. The summed E-state index contributed by atoms with van der Waals surface area (Å²) in [5.41, 5.74) is -0.492. The normalized spacial score (nSPS) is 14.9. The van der Waals surface area contributed by atoms with Crippen LogP contribution in [0.25, 0.3) is 12.2 Å². The van der Waals surface area contributed by atoms with Gasteiger partial charge in [0.2, 0.25) is 0 Å². The van der Waals surface area contributed by atoms with Crippen molar-refractivity contribution in [3.8, 4) is 0 Å². The Morgan fingerprint density at radius 2 is 0.887 bits per heavy atom. The fourth-order valence-corrected chi connectivity index (χ4v) is 7.91. The van der Waals surface area contributed by atoms with Gasteiger partial charge in [-0.3, -0.25) is 39.4 Å². The molecule has 0 atom stereocenters. The predicted octanol–water partition coefficient (Wildman–Crippen LogP) is 9.77. The number of benzene rings is 5. The second-order valence-electron chi connectivity index (χ2n) is 12.9. The number of hydrazone groups is 2. The smallest absolute Gasteiger partial charge is 0.282 e. The van der Waals surface area contributed by atoms with Crippen LogP contribution in [0.4, 0.5) is 22.7 Å². The molecule has 0 radical (unpaired) electrons. The van der Waals surface area contributed by atoms with Crippen LogP contribution in [-0.2, 0) is 9.59 Å². The predicted molar refractivity (Wildman–Crippen MR) is 236 cm³/mol. The molecule has 0 aliphatic carbocycles. The molecule has 7 rings (SSSR count). The van der Waals surface area contributed by atoms with Crippen LogP contribution in [0.5, 0.6) is 0 Å². The standard InChI is InChI=1S/C40H20Cl6N8O8/c41-23-15-29(43)33(30(44)16-23)51-39(57)27(35(49-51)47-37(55)21-3-1-5-25(13-21)53(59)60)11-19-7-9-20(10-8-19)12-28-36(48-38(56)22-4-2-6-26(14-22)54(61)62)50-52(40(28)58)34-31(45)17-24(42)18-32(34)46/h1-18H,(H,47,49,55)(H,48,50,56)/b27-11-,28-12+. The van der Waals surface area contributed by atoms with Gasteiger partial charge in [0.1, 0.15) is 11.4 Å². The third-order valence-corrected chi connectivity index (χ3v) is 10.4. The summed E-state index contributed by atoms with van der Waals surface area (Å²) in [5, 5.41) is 38.4. The van der Waals surface area contributed by atoms with Crippen molar-refractivity contribution in [3.63, 3.8) is 0 Å². The number of non-ortho nitro benzene ring substituents is 2. The Kier molecular flexibility index (Phi) is 12.4. The van der Waals surface area contributed by atoms with E-state index in [1.165, 1.54) is 72.8 Å². The van der Waals surface area contributed by atoms with Gasteiger partial charge in [0.05, 0.1) is 41.1 Å². The van der Waals surface area contributed by atoms with Crippen LogP contribution in [-0.4, -0.2) is 45.1 Å². The van der Waals surface area contributed by atoms with E-state index in [0.717, 1.165) is 22.2 Å². The van der Waals surface area contributed by atoms with Crippen LogP contribution < -0.4 is 20.7 Å². The van der Waals surface area contributed by atoms with Crippen LogP contribution in [0.3, 0.4) is 0 Å². The van der Waals surface area contributed by atoms with E-state index in [9.17, 15) is 39.4 Å². The molecule has 4 amide bonds. The lowest BCUT2D eigenvalue weighted by molar-refractivity contribution is -0.385. The van der Waals surface area contributed by atoms with E-state index in [4.69, 9.17) is 69.6 Å². The van der Waals surface area contributed by atoms with E-state index in [-0.39, 0.29) is 86.8 Å². The zero-order chi connectivity index (χ0) is 44.6. The van der Waals surface area contributed by atoms with Gasteiger partial charge in [-0.25, -0.2) is 0 Å². The van der Waals surface area contributed by atoms with Gasteiger partial charge in [0.15, 0.2) is 11.7 Å². The maximum absolute atomic E-state index is 14.0. The summed E-state index contributed by atoms with van der Waals surface area (Å²) in [6.45, 7) is 0. The number of carbonyl (C=O) groups is 4. The fourth-order valence-electron chi connectivity index (χ4n) is 5.95. The quantitative estimate of drug-likeness (QED) is 0.0867. The Morgan fingerprint density at radius 3 is 1.21 bits per heavy atom. The zero-order valence-electron chi connectivity index (χ0n) is 30.6. The summed E-state index contributed by atoms with van der Waals surface area (Å²) < 4.78 is 0. The SMILES string of the molecule is O=C(NC1=NN(c2c(Cl)cc(Cl)cc2Cl)C(=O)/C1=C\c1ccc(/C=C2/C(=O)N(c3c(Cl)cc(Cl)cc3Cl)N=C2NC(=O)c2cccc([N+](=O)[O-])c2)cc1)c1cccc([N+](=O)[O-])c1. The van der Waals surface area contributed by atoms with Crippen molar-refractivity contribution in [2.75, 3.05) is 10.0 Å². The van der Waals surface area contributed by atoms with Crippen molar-refractivity contribution >= 4 is 140 Å². The Hall–Kier alpha value is -6.66. The maximum atomic E-state index is 14.0. The summed E-state index contributed by atoms with van der Waals surface area (Å²) in [6.07, 6.45) is 2.78. The number of nitrogens with one attached hydrogen (secondary N) is 2. The number of anilines is 2. The summed E-state index contributed by atoms with van der Waals surface area (Å²) >= 11 is 37.9. The molecule has 2 aliphatic rings. The van der Waals surface area contributed by atoms with E-state index >= 15 is 0 Å². The lowest BCUT2D eigenvalue weighted by atomic mass is 10.0. The Balaban J connectivity index is 1.24. The molecule has 5 aromatic rings. The highest BCUT2D eigenvalue weighted by molar-refractivity contribution is 6.45. The number of nitrogens with zero attached hydrogens (tertiary/aromatic N) is 6. The number of amidine groups is 2. The van der Waals surface area contributed by atoms with Crippen LogP contribution >= 0.6 is 69.6 Å². The van der Waals surface area contributed by atoms with Crippen LogP contribution in [0.2, 0.25) is 30.1 Å². The zero-order valence-corrected chi connectivity index (χ0v) is 35.1. The Labute approximate surface area is 378 Å². The van der Waals surface area contributed by atoms with Crippen LogP contribution in [0.15, 0.2) is 118 Å². The first kappa shape index (κ1) is 43.4. The van der Waals surface area contributed by atoms with Gasteiger partial charge in [0, 0.05) is 45.4 Å². The number of amides is 4. The summed E-state index contributed by atoms with van der Waals surface area (Å²) in [6, 6.07) is 21.4. The molecule has 0 saturated carbocycles. The third-order valence-electron chi connectivity index (χ3n) is 8.80. The monoisotopic (exact) mass is 950 g/mol. The first-order valence-electron chi connectivity index (χ1n) is 17.3. The Bertz CT molecular complexity index is 2700. The molecule has 0 bridgehead atoms. The number of nitro groups is 2. The molecule has 0 saturated heterocycles. The highest BCUT2D eigenvalue weighted by Crippen LogP contribution is 2.41. The van der Waals surface area contributed by atoms with Gasteiger partial charge in [-0.15, -0.1) is 10.2 Å². The number of hydrogen-bond acceptors (Lipinski definition) is 10.